The van der Waals surface area contributed by atoms with Crippen LogP contribution in [-0.2, 0) is 12.8 Å². The minimum Gasteiger partial charge on any atom is -0.290 e. The highest BCUT2D eigenvalue weighted by molar-refractivity contribution is 6.14. The van der Waals surface area contributed by atoms with Gasteiger partial charge in [0.2, 0.25) is 0 Å². The van der Waals surface area contributed by atoms with Crippen LogP contribution in [0.25, 0.3) is 60.7 Å². The molecule has 4 aromatic carbocycles. The van der Waals surface area contributed by atoms with Crippen molar-refractivity contribution in [3.05, 3.63) is 113 Å². The van der Waals surface area contributed by atoms with E-state index in [1.807, 2.05) is 12.3 Å². The van der Waals surface area contributed by atoms with Crippen LogP contribution in [0.5, 0.6) is 0 Å². The van der Waals surface area contributed by atoms with Crippen LogP contribution in [0.3, 0.4) is 0 Å². The van der Waals surface area contributed by atoms with E-state index in [2.05, 4.69) is 83.3 Å². The van der Waals surface area contributed by atoms with Gasteiger partial charge in [-0.3, -0.25) is 9.38 Å². The van der Waals surface area contributed by atoms with Gasteiger partial charge in [-0.15, -0.1) is 0 Å². The fourth-order valence-electron chi connectivity index (χ4n) is 6.59. The first-order valence-corrected chi connectivity index (χ1v) is 12.2. The van der Waals surface area contributed by atoms with Gasteiger partial charge in [-0.2, -0.15) is 0 Å². The smallest absolute Gasteiger partial charge is 0.146 e. The third kappa shape index (κ3) is 2.17. The van der Waals surface area contributed by atoms with Gasteiger partial charge in [-0.25, -0.2) is 4.98 Å². The number of aromatic nitrogens is 3. The van der Waals surface area contributed by atoms with E-state index in [1.165, 1.54) is 55.3 Å². The lowest BCUT2D eigenvalue weighted by Gasteiger charge is -2.12. The number of pyridine rings is 2. The Labute approximate surface area is 201 Å². The van der Waals surface area contributed by atoms with Crippen LogP contribution in [0.15, 0.2) is 91.1 Å². The molecule has 0 N–H and O–H groups in total. The maximum absolute atomic E-state index is 5.12. The molecule has 0 spiro atoms. The summed E-state index contributed by atoms with van der Waals surface area (Å²) in [7, 11) is 0. The van der Waals surface area contributed by atoms with Gasteiger partial charge in [0, 0.05) is 17.0 Å². The van der Waals surface area contributed by atoms with Gasteiger partial charge >= 0.3 is 0 Å². The van der Waals surface area contributed by atoms with Crippen molar-refractivity contribution in [2.24, 2.45) is 0 Å². The highest BCUT2D eigenvalue weighted by atomic mass is 15.0. The zero-order chi connectivity index (χ0) is 22.7. The van der Waals surface area contributed by atoms with Crippen molar-refractivity contribution in [2.45, 2.75) is 12.8 Å². The number of nitrogens with zero attached hydrogens (tertiary/aromatic N) is 3. The lowest BCUT2D eigenvalue weighted by atomic mass is 9.94. The molecule has 0 saturated heterocycles. The Morgan fingerprint density at radius 1 is 0.629 bits per heavy atom. The summed E-state index contributed by atoms with van der Waals surface area (Å²) in [4.78, 5) is 9.97. The number of hydrogen-bond donors (Lipinski definition) is 0. The zero-order valence-corrected chi connectivity index (χ0v) is 18.9. The summed E-state index contributed by atoms with van der Waals surface area (Å²) in [5.41, 5.74) is 16.6. The van der Waals surface area contributed by atoms with Gasteiger partial charge in [-0.05, 0) is 93.7 Å². The molecule has 9 rings (SSSR count). The van der Waals surface area contributed by atoms with Gasteiger partial charge in [0.25, 0.3) is 0 Å². The number of imidazole rings is 1. The first-order chi connectivity index (χ1) is 17.3. The van der Waals surface area contributed by atoms with Crippen molar-refractivity contribution in [3.8, 4) is 22.3 Å². The van der Waals surface area contributed by atoms with Crippen molar-refractivity contribution in [1.29, 1.82) is 0 Å². The molecule has 35 heavy (non-hydrogen) atoms. The molecule has 3 heterocycles. The van der Waals surface area contributed by atoms with E-state index in [9.17, 15) is 0 Å². The number of rotatable bonds is 0. The quantitative estimate of drug-likeness (QED) is 0.229. The molecule has 2 aliphatic rings. The summed E-state index contributed by atoms with van der Waals surface area (Å²) < 4.78 is 2.29. The van der Waals surface area contributed by atoms with Crippen molar-refractivity contribution >= 4 is 38.5 Å². The second kappa shape index (κ2) is 6.13. The van der Waals surface area contributed by atoms with Gasteiger partial charge in [0.1, 0.15) is 5.65 Å². The maximum Gasteiger partial charge on any atom is 0.146 e. The molecule has 0 amide bonds. The van der Waals surface area contributed by atoms with Crippen LogP contribution >= 0.6 is 0 Å². The molecular formula is C32H19N3. The van der Waals surface area contributed by atoms with Crippen LogP contribution in [0.2, 0.25) is 0 Å². The van der Waals surface area contributed by atoms with Crippen LogP contribution in [0.1, 0.15) is 22.3 Å². The van der Waals surface area contributed by atoms with Crippen LogP contribution < -0.4 is 0 Å². The summed E-state index contributed by atoms with van der Waals surface area (Å²) in [6, 6.07) is 30.9. The number of para-hydroxylation sites is 2. The zero-order valence-electron chi connectivity index (χ0n) is 18.9. The van der Waals surface area contributed by atoms with Crippen LogP contribution in [-0.4, -0.2) is 14.4 Å². The number of fused-ring (bicyclic) bond motifs is 15. The summed E-state index contributed by atoms with van der Waals surface area (Å²) in [5.74, 6) is 0. The molecule has 0 bridgehead atoms. The predicted octanol–water partition coefficient (Wildman–Crippen LogP) is 7.33. The molecule has 0 unspecified atom stereocenters. The second-order valence-corrected chi connectivity index (χ2v) is 9.82. The summed E-state index contributed by atoms with van der Waals surface area (Å²) in [6.45, 7) is 0. The summed E-state index contributed by atoms with van der Waals surface area (Å²) in [5, 5.41) is 2.36. The first-order valence-electron chi connectivity index (χ1n) is 12.2. The molecule has 3 aromatic heterocycles. The fraction of sp³-hybridized carbons (Fsp3) is 0.0625. The molecule has 2 aliphatic carbocycles. The molecule has 3 heteroatoms. The van der Waals surface area contributed by atoms with E-state index in [4.69, 9.17) is 9.97 Å². The van der Waals surface area contributed by atoms with Crippen molar-refractivity contribution in [3.63, 3.8) is 0 Å². The molecule has 0 saturated carbocycles. The molecule has 0 fully saturated rings. The first kappa shape index (κ1) is 17.9. The minimum atomic E-state index is 0.972. The Kier molecular flexibility index (Phi) is 3.14. The lowest BCUT2D eigenvalue weighted by Crippen LogP contribution is -1.94. The van der Waals surface area contributed by atoms with E-state index in [-0.39, 0.29) is 0 Å². The Hall–Kier alpha value is -4.50. The largest absolute Gasteiger partial charge is 0.290 e. The Morgan fingerprint density at radius 2 is 1.51 bits per heavy atom. The van der Waals surface area contributed by atoms with E-state index >= 15 is 0 Å². The molecule has 7 aromatic rings. The molecule has 3 nitrogen and oxygen atoms in total. The molecular weight excluding hydrogens is 426 g/mol. The standard InChI is InChI=1S/C32H19N3/c1-2-7-21-18(6-1)15-24-22(21)12-11-19-14-20-16-25-26(17-23(20)30(19)24)32-34-27-8-3-4-9-28(27)35(32)29-10-5-13-33-31(25)29/h1-13,16-17H,14-15H2. The minimum absolute atomic E-state index is 0.972. The summed E-state index contributed by atoms with van der Waals surface area (Å²) >= 11 is 0. The van der Waals surface area contributed by atoms with E-state index in [0.29, 0.717) is 0 Å². The fourth-order valence-corrected chi connectivity index (χ4v) is 6.59. The normalized spacial score (nSPS) is 13.5. The topological polar surface area (TPSA) is 30.2 Å². The third-order valence-electron chi connectivity index (χ3n) is 8.05. The van der Waals surface area contributed by atoms with E-state index in [1.54, 1.807) is 0 Å². The Balaban J connectivity index is 1.42. The van der Waals surface area contributed by atoms with Crippen LogP contribution in [0.4, 0.5) is 0 Å². The SMILES string of the molecule is c1ccc2c(c1)Cc1c-2ccc2c1-c1cc3c(cc1C2)c1ncccc1n1c2ccccc2nc31. The summed E-state index contributed by atoms with van der Waals surface area (Å²) in [6.07, 6.45) is 3.88. The Bertz CT molecular complexity index is 2060. The monoisotopic (exact) mass is 445 g/mol. The highest BCUT2D eigenvalue weighted by Gasteiger charge is 2.29. The molecule has 0 aliphatic heterocycles. The highest BCUT2D eigenvalue weighted by Crippen LogP contribution is 2.49. The van der Waals surface area contributed by atoms with Gasteiger partial charge in [0.15, 0.2) is 0 Å². The molecule has 162 valence electrons. The van der Waals surface area contributed by atoms with E-state index < -0.39 is 0 Å². The third-order valence-corrected chi connectivity index (χ3v) is 8.05. The lowest BCUT2D eigenvalue weighted by molar-refractivity contribution is 1.23. The number of hydrogen-bond acceptors (Lipinski definition) is 2. The average Bonchev–Trinajstić information content (AvgIpc) is 3.58. The Morgan fingerprint density at radius 3 is 2.51 bits per heavy atom. The predicted molar refractivity (Wildman–Crippen MR) is 142 cm³/mol. The van der Waals surface area contributed by atoms with Crippen molar-refractivity contribution in [2.75, 3.05) is 0 Å². The molecule has 0 atom stereocenters. The second-order valence-electron chi connectivity index (χ2n) is 9.82. The van der Waals surface area contributed by atoms with Crippen molar-refractivity contribution < 1.29 is 0 Å². The van der Waals surface area contributed by atoms with Crippen LogP contribution in [0, 0.1) is 0 Å². The average molecular weight is 446 g/mol. The number of benzene rings is 4. The van der Waals surface area contributed by atoms with Gasteiger partial charge in [-0.1, -0.05) is 48.5 Å². The van der Waals surface area contributed by atoms with Gasteiger partial charge < -0.3 is 0 Å². The van der Waals surface area contributed by atoms with Crippen molar-refractivity contribution in [1.82, 2.24) is 14.4 Å². The van der Waals surface area contributed by atoms with Gasteiger partial charge in [0.05, 0.1) is 22.1 Å². The maximum atomic E-state index is 5.12. The van der Waals surface area contributed by atoms with E-state index in [0.717, 1.165) is 40.6 Å². The molecule has 0 radical (unpaired) electrons.